The topological polar surface area (TPSA) is 31.2 Å². The molecule has 4 nitrogen and oxygen atoms in total. The van der Waals surface area contributed by atoms with Gasteiger partial charge < -0.3 is 0 Å². The lowest BCUT2D eigenvalue weighted by atomic mass is 9.50. The second-order valence-electron chi connectivity index (χ2n) is 7.11. The smallest absolute Gasteiger partial charge is 0.289 e. The molecule has 0 saturated carbocycles. The fourth-order valence-corrected chi connectivity index (χ4v) is 2.30. The molecule has 0 aliphatic carbocycles. The van der Waals surface area contributed by atoms with Crippen molar-refractivity contribution in [2.45, 2.75) is 52.4 Å². The summed E-state index contributed by atoms with van der Waals surface area (Å²) in [6, 6.07) is 10.2. The zero-order valence-electron chi connectivity index (χ0n) is 12.8. The summed E-state index contributed by atoms with van der Waals surface area (Å²) in [6.45, 7) is 13.3. The highest BCUT2D eigenvalue weighted by Crippen LogP contribution is 2.40. The van der Waals surface area contributed by atoms with Gasteiger partial charge in [0.25, 0.3) is 0 Å². The molecule has 0 atom stereocenters. The molecule has 1 aromatic carbocycles. The van der Waals surface area contributed by atoms with E-state index in [1.165, 1.54) is 0 Å². The number of anilines is 1. The average Bonchev–Trinajstić information content (AvgIpc) is 2.74. The van der Waals surface area contributed by atoms with Gasteiger partial charge in [0, 0.05) is 11.2 Å². The van der Waals surface area contributed by atoms with Crippen LogP contribution in [0.2, 0.25) is 5.31 Å². The number of hydrogen-bond acceptors (Lipinski definition) is 4. The van der Waals surface area contributed by atoms with Gasteiger partial charge in [-0.15, -0.1) is 0 Å². The molecule has 0 N–H and O–H groups in total. The molecule has 0 spiro atoms. The lowest BCUT2D eigenvalue weighted by molar-refractivity contribution is 0.246. The van der Waals surface area contributed by atoms with Crippen LogP contribution in [0.15, 0.2) is 40.8 Å². The molecule has 1 aliphatic heterocycles. The summed E-state index contributed by atoms with van der Waals surface area (Å²) in [5, 5.41) is 8.83. The van der Waals surface area contributed by atoms with E-state index >= 15 is 0 Å². The van der Waals surface area contributed by atoms with Crippen LogP contribution in [-0.2, 0) is 0 Å². The van der Waals surface area contributed by atoms with Gasteiger partial charge in [-0.2, -0.15) is 0 Å². The van der Waals surface area contributed by atoms with Gasteiger partial charge in [0.1, 0.15) is 0 Å². The third-order valence-corrected chi connectivity index (χ3v) is 3.18. The van der Waals surface area contributed by atoms with Gasteiger partial charge in [-0.1, -0.05) is 49.4 Å². The second-order valence-corrected chi connectivity index (χ2v) is 7.11. The predicted molar refractivity (Wildman–Crippen MR) is 80.8 cm³/mol. The zero-order valence-corrected chi connectivity index (χ0v) is 12.8. The van der Waals surface area contributed by atoms with E-state index in [9.17, 15) is 0 Å². The SMILES string of the molecule is CC(C)(C)B1N(c2ccccc2)N=NN1C(C)(C)C. The van der Waals surface area contributed by atoms with E-state index in [0.29, 0.717) is 0 Å². The first-order chi connectivity index (χ1) is 8.71. The Kier molecular flexibility index (Phi) is 3.33. The Morgan fingerprint density at radius 1 is 0.895 bits per heavy atom. The highest BCUT2D eigenvalue weighted by Gasteiger charge is 2.49. The minimum atomic E-state index is -0.0506. The molecular formula is C14H23BN4. The Morgan fingerprint density at radius 3 is 1.95 bits per heavy atom. The van der Waals surface area contributed by atoms with E-state index < -0.39 is 0 Å². The molecular weight excluding hydrogens is 235 g/mol. The fourth-order valence-electron chi connectivity index (χ4n) is 2.30. The number of hydrogen-bond donors (Lipinski definition) is 0. The van der Waals surface area contributed by atoms with Gasteiger partial charge in [-0.05, 0) is 38.2 Å². The summed E-state index contributed by atoms with van der Waals surface area (Å²) in [4.78, 5) is 4.12. The normalized spacial score (nSPS) is 16.4. The first-order valence-corrected chi connectivity index (χ1v) is 6.76. The molecule has 2 rings (SSSR count). The monoisotopic (exact) mass is 258 g/mol. The third kappa shape index (κ3) is 2.75. The number of benzene rings is 1. The summed E-state index contributed by atoms with van der Waals surface area (Å²) >= 11 is 0. The Labute approximate surface area is 116 Å². The van der Waals surface area contributed by atoms with Crippen LogP contribution in [0, 0.1) is 0 Å². The maximum Gasteiger partial charge on any atom is 0.424 e. The van der Waals surface area contributed by atoms with Crippen molar-refractivity contribution in [3.05, 3.63) is 30.3 Å². The van der Waals surface area contributed by atoms with Crippen molar-refractivity contribution in [2.75, 3.05) is 4.92 Å². The minimum absolute atomic E-state index is 0.0482. The number of rotatable bonds is 1. The van der Waals surface area contributed by atoms with Crippen molar-refractivity contribution in [2.24, 2.45) is 10.4 Å². The van der Waals surface area contributed by atoms with Crippen LogP contribution in [-0.4, -0.2) is 17.4 Å². The molecule has 0 saturated heterocycles. The van der Waals surface area contributed by atoms with E-state index in [1.807, 2.05) is 23.1 Å². The predicted octanol–water partition coefficient (Wildman–Crippen LogP) is 4.18. The van der Waals surface area contributed by atoms with Gasteiger partial charge in [-0.25, -0.2) is 0 Å². The molecule has 0 fully saturated rings. The molecule has 5 heteroatoms. The quantitative estimate of drug-likeness (QED) is 0.707. The molecule has 0 aromatic heterocycles. The van der Waals surface area contributed by atoms with Crippen LogP contribution in [0.4, 0.5) is 5.69 Å². The summed E-state index contributed by atoms with van der Waals surface area (Å²) in [6.07, 6.45) is 0. The van der Waals surface area contributed by atoms with Crippen LogP contribution in [0.25, 0.3) is 0 Å². The number of nitrogens with zero attached hydrogens (tertiary/aromatic N) is 4. The van der Waals surface area contributed by atoms with Crippen LogP contribution < -0.4 is 4.92 Å². The lowest BCUT2D eigenvalue weighted by Crippen LogP contribution is -2.56. The lowest BCUT2D eigenvalue weighted by Gasteiger charge is -2.40. The largest absolute Gasteiger partial charge is 0.424 e. The Morgan fingerprint density at radius 2 is 1.47 bits per heavy atom. The van der Waals surface area contributed by atoms with Gasteiger partial charge in [0.05, 0.1) is 0 Å². The standard InChI is InChI=1S/C14H23BN4/c1-13(2,3)15-18(12-10-8-7-9-11-12)16-17-19(15)14(4,5)6/h7-11H,1-6H3. The van der Waals surface area contributed by atoms with Crippen molar-refractivity contribution in [3.8, 4) is 0 Å². The van der Waals surface area contributed by atoms with Gasteiger partial charge >= 0.3 is 6.98 Å². The summed E-state index contributed by atoms with van der Waals surface area (Å²) in [5.74, 6) is 0. The van der Waals surface area contributed by atoms with Crippen molar-refractivity contribution < 1.29 is 0 Å². The van der Waals surface area contributed by atoms with Gasteiger partial charge in [0.2, 0.25) is 0 Å². The minimum Gasteiger partial charge on any atom is -0.289 e. The Bertz CT molecular complexity index is 459. The van der Waals surface area contributed by atoms with Crippen molar-refractivity contribution in [1.82, 2.24) is 4.92 Å². The number of para-hydroxylation sites is 1. The molecule has 0 radical (unpaired) electrons. The molecule has 0 unspecified atom stereocenters. The van der Waals surface area contributed by atoms with Gasteiger partial charge in [-0.3, -0.25) is 9.84 Å². The van der Waals surface area contributed by atoms with Gasteiger partial charge in [0.15, 0.2) is 0 Å². The molecule has 0 amide bonds. The fraction of sp³-hybridized carbons (Fsp3) is 0.571. The summed E-state index contributed by atoms with van der Waals surface area (Å²) < 4.78 is 0. The van der Waals surface area contributed by atoms with E-state index in [2.05, 4.69) is 69.0 Å². The summed E-state index contributed by atoms with van der Waals surface area (Å²) in [7, 11) is 0. The van der Waals surface area contributed by atoms with E-state index in [-0.39, 0.29) is 17.8 Å². The molecule has 102 valence electrons. The molecule has 1 heterocycles. The highest BCUT2D eigenvalue weighted by atomic mass is 15.7. The van der Waals surface area contributed by atoms with E-state index in [0.717, 1.165) is 5.69 Å². The molecule has 19 heavy (non-hydrogen) atoms. The summed E-state index contributed by atoms with van der Waals surface area (Å²) in [5.41, 5.74) is 1.03. The van der Waals surface area contributed by atoms with Crippen LogP contribution in [0.3, 0.4) is 0 Å². The Hall–Kier alpha value is -1.52. The molecule has 1 aliphatic rings. The maximum absolute atomic E-state index is 4.40. The van der Waals surface area contributed by atoms with Crippen LogP contribution in [0.1, 0.15) is 41.5 Å². The third-order valence-electron chi connectivity index (χ3n) is 3.18. The first-order valence-electron chi connectivity index (χ1n) is 6.76. The molecule has 0 bridgehead atoms. The Balaban J connectivity index is 2.39. The second kappa shape index (κ2) is 4.55. The van der Waals surface area contributed by atoms with Crippen molar-refractivity contribution in [3.63, 3.8) is 0 Å². The highest BCUT2D eigenvalue weighted by molar-refractivity contribution is 6.63. The molecule has 1 aromatic rings. The van der Waals surface area contributed by atoms with E-state index in [4.69, 9.17) is 0 Å². The van der Waals surface area contributed by atoms with Crippen LogP contribution >= 0.6 is 0 Å². The van der Waals surface area contributed by atoms with Crippen molar-refractivity contribution in [1.29, 1.82) is 0 Å². The maximum atomic E-state index is 4.40. The first kappa shape index (κ1) is 13.9. The average molecular weight is 258 g/mol. The van der Waals surface area contributed by atoms with E-state index in [1.54, 1.807) is 0 Å². The van der Waals surface area contributed by atoms with Crippen LogP contribution in [0.5, 0.6) is 0 Å². The van der Waals surface area contributed by atoms with Crippen molar-refractivity contribution >= 4 is 12.7 Å². The zero-order chi connectivity index (χ0) is 14.3.